The summed E-state index contributed by atoms with van der Waals surface area (Å²) in [5.41, 5.74) is 0.832. The molecule has 0 radical (unpaired) electrons. The number of hydrogen-bond donors (Lipinski definition) is 2. The van der Waals surface area contributed by atoms with Crippen molar-refractivity contribution in [3.8, 4) is 11.5 Å². The van der Waals surface area contributed by atoms with Crippen LogP contribution in [-0.4, -0.2) is 36.0 Å². The van der Waals surface area contributed by atoms with Crippen LogP contribution in [0.3, 0.4) is 0 Å². The maximum absolute atomic E-state index is 12.8. The van der Waals surface area contributed by atoms with Crippen LogP contribution in [0.4, 0.5) is 0 Å². The molecular weight excluding hydrogens is 368 g/mol. The molecule has 0 atom stereocenters. The van der Waals surface area contributed by atoms with Gasteiger partial charge in [-0.1, -0.05) is 17.7 Å². The Bertz CT molecular complexity index is 925. The normalized spacial score (nSPS) is 20.2. The van der Waals surface area contributed by atoms with Gasteiger partial charge in [0.1, 0.15) is 17.1 Å². The number of rotatable bonds is 5. The number of benzene rings is 2. The highest BCUT2D eigenvalue weighted by Crippen LogP contribution is 2.32. The van der Waals surface area contributed by atoms with Crippen molar-refractivity contribution in [3.05, 3.63) is 53.6 Å². The van der Waals surface area contributed by atoms with Gasteiger partial charge in [-0.05, 0) is 56.9 Å². The second kappa shape index (κ2) is 7.60. The van der Waals surface area contributed by atoms with Crippen molar-refractivity contribution < 1.29 is 28.2 Å². The predicted molar refractivity (Wildman–Crippen MR) is 100 cm³/mol. The number of carboxylic acids is 1. The molecule has 0 aromatic heterocycles. The summed E-state index contributed by atoms with van der Waals surface area (Å²) in [4.78, 5) is 11.3. The van der Waals surface area contributed by atoms with Crippen LogP contribution in [0.2, 0.25) is 0 Å². The predicted octanol–water partition coefficient (Wildman–Crippen LogP) is 3.56. The molecule has 0 unspecified atom stereocenters. The van der Waals surface area contributed by atoms with Gasteiger partial charge in [0.05, 0.1) is 16.2 Å². The zero-order valence-electron chi connectivity index (χ0n) is 15.0. The first-order valence-electron chi connectivity index (χ1n) is 8.81. The third-order valence-electron chi connectivity index (χ3n) is 4.91. The van der Waals surface area contributed by atoms with Crippen LogP contribution >= 0.6 is 0 Å². The van der Waals surface area contributed by atoms with E-state index in [0.717, 1.165) is 5.56 Å². The molecule has 0 saturated heterocycles. The average Bonchev–Trinajstić information content (AvgIpc) is 2.62. The number of aromatic hydroxyl groups is 1. The lowest BCUT2D eigenvalue weighted by molar-refractivity contribution is 0.0693. The fourth-order valence-electron chi connectivity index (χ4n) is 3.34. The van der Waals surface area contributed by atoms with Crippen molar-refractivity contribution in [1.82, 2.24) is 0 Å². The standard InChI is InChI=1S/C20H22O6S/c1-13-2-7-16(8-3-13)27(24,25)17-9-4-14(5-10-17)26-15-6-11-18(20(22)23)19(21)12-15/h2-3,6-8,11-12,14,17,21H,4-5,9-10H2,1H3,(H,22,23). The van der Waals surface area contributed by atoms with E-state index in [0.29, 0.717) is 36.3 Å². The number of carboxylic acid groups (broad SMARTS) is 1. The maximum atomic E-state index is 12.8. The molecule has 1 fully saturated rings. The smallest absolute Gasteiger partial charge is 0.339 e. The Kier molecular flexibility index (Phi) is 5.41. The first-order chi connectivity index (χ1) is 12.8. The van der Waals surface area contributed by atoms with Crippen LogP contribution in [0.25, 0.3) is 0 Å². The number of aryl methyl sites for hydroxylation is 1. The number of carbonyl (C=O) groups is 1. The molecule has 1 saturated carbocycles. The molecule has 0 amide bonds. The lowest BCUT2D eigenvalue weighted by atomic mass is 9.97. The SMILES string of the molecule is Cc1ccc(S(=O)(=O)C2CCC(Oc3ccc(C(=O)O)c(O)c3)CC2)cc1. The molecule has 0 aliphatic heterocycles. The summed E-state index contributed by atoms with van der Waals surface area (Å²) in [5.74, 6) is -1.18. The second-order valence-electron chi connectivity index (χ2n) is 6.86. The molecule has 3 rings (SSSR count). The van der Waals surface area contributed by atoms with Gasteiger partial charge in [0.25, 0.3) is 0 Å². The van der Waals surface area contributed by atoms with Crippen molar-refractivity contribution in [3.63, 3.8) is 0 Å². The van der Waals surface area contributed by atoms with Gasteiger partial charge in [-0.15, -0.1) is 0 Å². The van der Waals surface area contributed by atoms with E-state index in [2.05, 4.69) is 0 Å². The highest BCUT2D eigenvalue weighted by atomic mass is 32.2. The number of aromatic carboxylic acids is 1. The fourth-order valence-corrected chi connectivity index (χ4v) is 5.13. The van der Waals surface area contributed by atoms with Gasteiger partial charge in [0.15, 0.2) is 9.84 Å². The van der Waals surface area contributed by atoms with E-state index in [1.807, 2.05) is 6.92 Å². The Morgan fingerprint density at radius 3 is 2.22 bits per heavy atom. The van der Waals surface area contributed by atoms with Crippen LogP contribution in [0.5, 0.6) is 11.5 Å². The largest absolute Gasteiger partial charge is 0.507 e. The van der Waals surface area contributed by atoms with Crippen LogP contribution < -0.4 is 4.74 Å². The van der Waals surface area contributed by atoms with Crippen molar-refractivity contribution in [1.29, 1.82) is 0 Å². The minimum atomic E-state index is -3.36. The van der Waals surface area contributed by atoms with E-state index in [1.165, 1.54) is 18.2 Å². The van der Waals surface area contributed by atoms with Gasteiger partial charge in [-0.25, -0.2) is 13.2 Å². The van der Waals surface area contributed by atoms with E-state index in [4.69, 9.17) is 9.84 Å². The molecule has 2 aromatic rings. The third kappa shape index (κ3) is 4.24. The Morgan fingerprint density at radius 1 is 1.04 bits per heavy atom. The topological polar surface area (TPSA) is 101 Å². The van der Waals surface area contributed by atoms with Crippen molar-refractivity contribution in [2.75, 3.05) is 0 Å². The molecular formula is C20H22O6S. The quantitative estimate of drug-likeness (QED) is 0.809. The van der Waals surface area contributed by atoms with Crippen molar-refractivity contribution in [2.24, 2.45) is 0 Å². The maximum Gasteiger partial charge on any atom is 0.339 e. The molecule has 0 bridgehead atoms. The molecule has 0 spiro atoms. The van der Waals surface area contributed by atoms with Crippen LogP contribution in [-0.2, 0) is 9.84 Å². The highest BCUT2D eigenvalue weighted by Gasteiger charge is 2.32. The van der Waals surface area contributed by atoms with Gasteiger partial charge in [-0.3, -0.25) is 0 Å². The van der Waals surface area contributed by atoms with Crippen LogP contribution in [0.1, 0.15) is 41.6 Å². The van der Waals surface area contributed by atoms with Gasteiger partial charge in [0, 0.05) is 6.07 Å². The first-order valence-corrected chi connectivity index (χ1v) is 10.4. The Hall–Kier alpha value is -2.54. The summed E-state index contributed by atoms with van der Waals surface area (Å²) in [6.07, 6.45) is 2.00. The molecule has 7 heteroatoms. The van der Waals surface area contributed by atoms with Crippen LogP contribution in [0.15, 0.2) is 47.4 Å². The summed E-state index contributed by atoms with van der Waals surface area (Å²) < 4.78 is 31.4. The van der Waals surface area contributed by atoms with E-state index in [1.54, 1.807) is 24.3 Å². The second-order valence-corrected chi connectivity index (χ2v) is 9.09. The number of sulfone groups is 1. The number of phenols is 1. The lowest BCUT2D eigenvalue weighted by Gasteiger charge is -2.29. The Morgan fingerprint density at radius 2 is 1.67 bits per heavy atom. The molecule has 2 aromatic carbocycles. The van der Waals surface area contributed by atoms with E-state index in [9.17, 15) is 18.3 Å². The third-order valence-corrected chi connectivity index (χ3v) is 7.19. The zero-order chi connectivity index (χ0) is 19.6. The molecule has 1 aliphatic rings. The van der Waals surface area contributed by atoms with Gasteiger partial charge >= 0.3 is 5.97 Å². The first kappa shape index (κ1) is 19.2. The van der Waals surface area contributed by atoms with E-state index < -0.39 is 21.1 Å². The van der Waals surface area contributed by atoms with Crippen molar-refractivity contribution in [2.45, 2.75) is 48.9 Å². The monoisotopic (exact) mass is 390 g/mol. The molecule has 0 heterocycles. The minimum absolute atomic E-state index is 0.162. The molecule has 6 nitrogen and oxygen atoms in total. The highest BCUT2D eigenvalue weighted by molar-refractivity contribution is 7.92. The summed E-state index contributed by atoms with van der Waals surface area (Å²) in [7, 11) is -3.36. The van der Waals surface area contributed by atoms with Gasteiger partial charge < -0.3 is 14.9 Å². The number of ether oxygens (including phenoxy) is 1. The summed E-state index contributed by atoms with van der Waals surface area (Å²) >= 11 is 0. The lowest BCUT2D eigenvalue weighted by Crippen LogP contribution is -2.31. The van der Waals surface area contributed by atoms with Gasteiger partial charge in [-0.2, -0.15) is 0 Å². The number of hydrogen-bond acceptors (Lipinski definition) is 5. The van der Waals surface area contributed by atoms with E-state index >= 15 is 0 Å². The zero-order valence-corrected chi connectivity index (χ0v) is 15.8. The average molecular weight is 390 g/mol. The minimum Gasteiger partial charge on any atom is -0.507 e. The van der Waals surface area contributed by atoms with E-state index in [-0.39, 0.29) is 17.4 Å². The Labute approximate surface area is 158 Å². The molecule has 1 aliphatic carbocycles. The molecule has 144 valence electrons. The van der Waals surface area contributed by atoms with Crippen molar-refractivity contribution >= 4 is 15.8 Å². The molecule has 27 heavy (non-hydrogen) atoms. The summed E-state index contributed by atoms with van der Waals surface area (Å²) in [5, 5.41) is 18.3. The summed E-state index contributed by atoms with van der Waals surface area (Å²) in [6, 6.07) is 11.0. The Balaban J connectivity index is 1.63. The molecule has 2 N–H and O–H groups in total. The van der Waals surface area contributed by atoms with Crippen LogP contribution in [0, 0.1) is 6.92 Å². The fraction of sp³-hybridized carbons (Fsp3) is 0.350. The van der Waals surface area contributed by atoms with Gasteiger partial charge in [0.2, 0.25) is 0 Å². The summed E-state index contributed by atoms with van der Waals surface area (Å²) in [6.45, 7) is 1.92.